The van der Waals surface area contributed by atoms with Crippen LogP contribution in [0, 0.1) is 0 Å². The molecular weight excluding hydrogens is 350 g/mol. The molecule has 2 aromatic heterocycles. The number of benzene rings is 2. The number of methoxy groups -OCH3 is 1. The van der Waals surface area contributed by atoms with Crippen LogP contribution in [-0.2, 0) is 6.54 Å². The molecule has 0 aliphatic rings. The van der Waals surface area contributed by atoms with E-state index >= 15 is 0 Å². The molecule has 0 aliphatic heterocycles. The molecule has 0 radical (unpaired) electrons. The summed E-state index contributed by atoms with van der Waals surface area (Å²) in [6, 6.07) is 18.9. The first-order chi connectivity index (χ1) is 12.7. The van der Waals surface area contributed by atoms with Crippen LogP contribution in [0.2, 0.25) is 5.02 Å². The van der Waals surface area contributed by atoms with E-state index in [0.29, 0.717) is 11.6 Å². The van der Waals surface area contributed by atoms with Crippen molar-refractivity contribution in [2.24, 2.45) is 4.99 Å². The highest BCUT2D eigenvalue weighted by atomic mass is 35.5. The Hall–Kier alpha value is -2.98. The van der Waals surface area contributed by atoms with Gasteiger partial charge < -0.3 is 13.6 Å². The number of nitrogens with zero attached hydrogens (tertiary/aromatic N) is 1. The average molecular weight is 366 g/mol. The number of fused-ring (bicyclic) bond motifs is 1. The standard InChI is InChI=1S/C21H16ClNO3/c1-24-16-7-4-14(5-8-16)21-12-19(23-13-17-3-2-10-25-17)18-11-15(22)6-9-20(18)26-21/h2-12H,13H2,1H3. The molecule has 4 rings (SSSR count). The number of hydrogen-bond acceptors (Lipinski definition) is 4. The largest absolute Gasteiger partial charge is 0.497 e. The molecular formula is C21H16ClNO3. The Kier molecular flexibility index (Phi) is 4.50. The third-order valence-corrected chi connectivity index (χ3v) is 4.30. The summed E-state index contributed by atoms with van der Waals surface area (Å²) >= 11 is 6.16. The van der Waals surface area contributed by atoms with Crippen LogP contribution in [0.1, 0.15) is 5.76 Å². The zero-order valence-electron chi connectivity index (χ0n) is 14.1. The molecule has 0 spiro atoms. The normalized spacial score (nSPS) is 11.8. The molecule has 2 heterocycles. The third kappa shape index (κ3) is 3.37. The minimum Gasteiger partial charge on any atom is -0.497 e. The van der Waals surface area contributed by atoms with Crippen molar-refractivity contribution in [3.05, 3.63) is 83.1 Å². The number of halogens is 1. The number of rotatable bonds is 4. The smallest absolute Gasteiger partial charge is 0.136 e. The maximum Gasteiger partial charge on any atom is 0.136 e. The van der Waals surface area contributed by atoms with Crippen LogP contribution in [0.15, 0.2) is 80.8 Å². The van der Waals surface area contributed by atoms with Gasteiger partial charge in [-0.15, -0.1) is 0 Å². The second-order valence-corrected chi connectivity index (χ2v) is 6.20. The summed E-state index contributed by atoms with van der Waals surface area (Å²) in [6.45, 7) is 0.445. The molecule has 0 saturated carbocycles. The summed E-state index contributed by atoms with van der Waals surface area (Å²) in [6.07, 6.45) is 1.64. The van der Waals surface area contributed by atoms with Crippen molar-refractivity contribution < 1.29 is 13.6 Å². The van der Waals surface area contributed by atoms with E-state index in [2.05, 4.69) is 0 Å². The van der Waals surface area contributed by atoms with Crippen molar-refractivity contribution in [2.75, 3.05) is 7.11 Å². The molecule has 0 bridgehead atoms. The maximum atomic E-state index is 6.16. The Labute approximate surface area is 155 Å². The van der Waals surface area contributed by atoms with E-state index in [-0.39, 0.29) is 0 Å². The quantitative estimate of drug-likeness (QED) is 0.482. The van der Waals surface area contributed by atoms with Gasteiger partial charge in [-0.2, -0.15) is 0 Å². The topological polar surface area (TPSA) is 47.9 Å². The van der Waals surface area contributed by atoms with Gasteiger partial charge in [-0.3, -0.25) is 4.99 Å². The van der Waals surface area contributed by atoms with E-state index in [1.54, 1.807) is 13.4 Å². The van der Waals surface area contributed by atoms with Gasteiger partial charge in [-0.05, 0) is 54.6 Å². The SMILES string of the molecule is COc1ccc(-c2cc(=NCc3ccco3)c3cc(Cl)ccc3o2)cc1. The Balaban J connectivity index is 1.86. The fraction of sp³-hybridized carbons (Fsp3) is 0.0952. The summed E-state index contributed by atoms with van der Waals surface area (Å²) in [5.74, 6) is 2.32. The molecule has 0 N–H and O–H groups in total. The van der Waals surface area contributed by atoms with Crippen LogP contribution in [0.5, 0.6) is 5.75 Å². The lowest BCUT2D eigenvalue weighted by molar-refractivity contribution is 0.415. The van der Waals surface area contributed by atoms with Gasteiger partial charge in [0.25, 0.3) is 0 Å². The Morgan fingerprint density at radius 2 is 1.88 bits per heavy atom. The first-order valence-electron chi connectivity index (χ1n) is 8.13. The van der Waals surface area contributed by atoms with E-state index in [1.807, 2.05) is 60.7 Å². The molecule has 0 atom stereocenters. The van der Waals surface area contributed by atoms with Gasteiger partial charge in [0.05, 0.1) is 25.3 Å². The molecule has 26 heavy (non-hydrogen) atoms. The highest BCUT2D eigenvalue weighted by Crippen LogP contribution is 2.25. The zero-order chi connectivity index (χ0) is 17.9. The lowest BCUT2D eigenvalue weighted by atomic mass is 10.1. The first-order valence-corrected chi connectivity index (χ1v) is 8.51. The van der Waals surface area contributed by atoms with Gasteiger partial charge in [0.2, 0.25) is 0 Å². The van der Waals surface area contributed by atoms with E-state index in [4.69, 9.17) is 30.2 Å². The highest BCUT2D eigenvalue weighted by Gasteiger charge is 2.07. The summed E-state index contributed by atoms with van der Waals surface area (Å²) in [7, 11) is 1.64. The molecule has 0 fully saturated rings. The number of hydrogen-bond donors (Lipinski definition) is 0. The van der Waals surface area contributed by atoms with Crippen molar-refractivity contribution in [1.82, 2.24) is 0 Å². The molecule has 5 heteroatoms. The number of furan rings is 1. The monoisotopic (exact) mass is 365 g/mol. The lowest BCUT2D eigenvalue weighted by Crippen LogP contribution is -2.04. The Bertz CT molecular complexity index is 1100. The van der Waals surface area contributed by atoms with Gasteiger partial charge in [-0.1, -0.05) is 11.6 Å². The fourth-order valence-corrected chi connectivity index (χ4v) is 2.91. The van der Waals surface area contributed by atoms with Gasteiger partial charge in [0, 0.05) is 22.0 Å². The predicted octanol–water partition coefficient (Wildman–Crippen LogP) is 5.46. The van der Waals surface area contributed by atoms with Gasteiger partial charge in [-0.25, -0.2) is 0 Å². The number of ether oxygens (including phenoxy) is 1. The van der Waals surface area contributed by atoms with Crippen molar-refractivity contribution in [2.45, 2.75) is 6.54 Å². The van der Waals surface area contributed by atoms with E-state index in [1.165, 1.54) is 0 Å². The zero-order valence-corrected chi connectivity index (χ0v) is 14.9. The van der Waals surface area contributed by atoms with Crippen LogP contribution in [0.3, 0.4) is 0 Å². The van der Waals surface area contributed by atoms with Crippen LogP contribution in [-0.4, -0.2) is 7.11 Å². The van der Waals surface area contributed by atoms with Crippen LogP contribution in [0.4, 0.5) is 0 Å². The lowest BCUT2D eigenvalue weighted by Gasteiger charge is -2.06. The van der Waals surface area contributed by atoms with Crippen LogP contribution in [0.25, 0.3) is 22.3 Å². The molecule has 0 unspecified atom stereocenters. The molecule has 0 saturated heterocycles. The van der Waals surface area contributed by atoms with Crippen molar-refractivity contribution >= 4 is 22.6 Å². The van der Waals surface area contributed by atoms with Gasteiger partial charge in [0.1, 0.15) is 22.9 Å². The second-order valence-electron chi connectivity index (χ2n) is 5.76. The van der Waals surface area contributed by atoms with Crippen LogP contribution < -0.4 is 10.1 Å². The van der Waals surface area contributed by atoms with E-state index in [0.717, 1.165) is 39.2 Å². The Morgan fingerprint density at radius 1 is 1.04 bits per heavy atom. The summed E-state index contributed by atoms with van der Waals surface area (Å²) in [5, 5.41) is 2.30. The Morgan fingerprint density at radius 3 is 2.62 bits per heavy atom. The second kappa shape index (κ2) is 7.10. The molecule has 130 valence electrons. The summed E-state index contributed by atoms with van der Waals surface area (Å²) in [4.78, 5) is 4.70. The minimum atomic E-state index is 0.445. The maximum absolute atomic E-state index is 6.16. The van der Waals surface area contributed by atoms with Gasteiger partial charge in [0.15, 0.2) is 0 Å². The fourth-order valence-electron chi connectivity index (χ4n) is 2.74. The molecule has 2 aromatic carbocycles. The first kappa shape index (κ1) is 16.5. The summed E-state index contributed by atoms with van der Waals surface area (Å²) < 4.78 is 16.7. The van der Waals surface area contributed by atoms with Crippen LogP contribution >= 0.6 is 11.6 Å². The van der Waals surface area contributed by atoms with Gasteiger partial charge >= 0.3 is 0 Å². The van der Waals surface area contributed by atoms with E-state index < -0.39 is 0 Å². The molecule has 4 aromatic rings. The molecule has 4 nitrogen and oxygen atoms in total. The van der Waals surface area contributed by atoms with Crippen molar-refractivity contribution in [3.63, 3.8) is 0 Å². The third-order valence-electron chi connectivity index (χ3n) is 4.07. The van der Waals surface area contributed by atoms with Crippen molar-refractivity contribution in [3.8, 4) is 17.1 Å². The molecule has 0 amide bonds. The minimum absolute atomic E-state index is 0.445. The van der Waals surface area contributed by atoms with Crippen molar-refractivity contribution in [1.29, 1.82) is 0 Å². The van der Waals surface area contributed by atoms with E-state index in [9.17, 15) is 0 Å². The molecule has 0 aliphatic carbocycles. The average Bonchev–Trinajstić information content (AvgIpc) is 3.20. The highest BCUT2D eigenvalue weighted by molar-refractivity contribution is 6.31. The predicted molar refractivity (Wildman–Crippen MR) is 101 cm³/mol. The summed E-state index contributed by atoms with van der Waals surface area (Å²) in [5.41, 5.74) is 1.66.